The van der Waals surface area contributed by atoms with Gasteiger partial charge in [-0.05, 0) is 24.3 Å². The molecular formula is C11H8ClN3O2. The van der Waals surface area contributed by atoms with Crippen LogP contribution in [0, 0.1) is 10.1 Å². The van der Waals surface area contributed by atoms with Gasteiger partial charge in [-0.3, -0.25) is 15.1 Å². The number of hydrogen-bond donors (Lipinski definition) is 1. The van der Waals surface area contributed by atoms with Crippen LogP contribution in [0.4, 0.5) is 17.1 Å². The highest BCUT2D eigenvalue weighted by Crippen LogP contribution is 2.26. The van der Waals surface area contributed by atoms with Gasteiger partial charge < -0.3 is 5.32 Å². The van der Waals surface area contributed by atoms with E-state index in [1.54, 1.807) is 24.3 Å². The van der Waals surface area contributed by atoms with Crippen LogP contribution in [0.15, 0.2) is 42.7 Å². The van der Waals surface area contributed by atoms with Gasteiger partial charge in [-0.25, -0.2) is 0 Å². The molecule has 0 unspecified atom stereocenters. The summed E-state index contributed by atoms with van der Waals surface area (Å²) in [5.41, 5.74) is 1.04. The predicted octanol–water partition coefficient (Wildman–Crippen LogP) is 3.39. The molecule has 1 aromatic carbocycles. The van der Waals surface area contributed by atoms with Crippen LogP contribution in [0.2, 0.25) is 5.02 Å². The summed E-state index contributed by atoms with van der Waals surface area (Å²) in [6, 6.07) is 8.22. The average Bonchev–Trinajstić information content (AvgIpc) is 2.32. The molecule has 0 aliphatic heterocycles. The van der Waals surface area contributed by atoms with E-state index in [0.717, 1.165) is 0 Å². The Balaban J connectivity index is 2.30. The number of benzene rings is 1. The molecule has 0 saturated carbocycles. The molecule has 0 amide bonds. The van der Waals surface area contributed by atoms with E-state index in [1.165, 1.54) is 18.5 Å². The van der Waals surface area contributed by atoms with Crippen molar-refractivity contribution in [3.05, 3.63) is 57.9 Å². The summed E-state index contributed by atoms with van der Waals surface area (Å²) in [6.07, 6.45) is 2.79. The van der Waals surface area contributed by atoms with Crippen molar-refractivity contribution in [1.82, 2.24) is 4.98 Å². The maximum atomic E-state index is 10.8. The molecule has 0 atom stereocenters. The maximum absolute atomic E-state index is 10.8. The summed E-state index contributed by atoms with van der Waals surface area (Å²) in [7, 11) is 0. The number of rotatable bonds is 3. The third-order valence-electron chi connectivity index (χ3n) is 2.12. The highest BCUT2D eigenvalue weighted by Gasteiger charge is 2.12. The lowest BCUT2D eigenvalue weighted by Gasteiger charge is -2.06. The smallest absolute Gasteiger partial charge is 0.295 e. The maximum Gasteiger partial charge on any atom is 0.295 e. The van der Waals surface area contributed by atoms with E-state index in [1.807, 2.05) is 0 Å². The lowest BCUT2D eigenvalue weighted by Crippen LogP contribution is -1.97. The fourth-order valence-electron chi connectivity index (χ4n) is 1.33. The molecule has 0 spiro atoms. The topological polar surface area (TPSA) is 68.1 Å². The molecule has 0 fully saturated rings. The quantitative estimate of drug-likeness (QED) is 0.669. The minimum absolute atomic E-state index is 0.0186. The zero-order valence-corrected chi connectivity index (χ0v) is 9.39. The van der Waals surface area contributed by atoms with Gasteiger partial charge in [0.15, 0.2) is 0 Å². The fraction of sp³-hybridized carbons (Fsp3) is 0. The van der Waals surface area contributed by atoms with E-state index >= 15 is 0 Å². The van der Waals surface area contributed by atoms with Crippen LogP contribution in [-0.2, 0) is 0 Å². The number of aromatic nitrogens is 1. The summed E-state index contributed by atoms with van der Waals surface area (Å²) < 4.78 is 0. The Hall–Kier alpha value is -2.14. The average molecular weight is 250 g/mol. The molecule has 6 heteroatoms. The molecule has 0 aliphatic rings. The monoisotopic (exact) mass is 249 g/mol. The SMILES string of the molecule is O=[N+]([O-])c1ccncc1Nc1ccc(Cl)cc1. The molecule has 2 rings (SSSR count). The van der Waals surface area contributed by atoms with Crippen LogP contribution in [0.1, 0.15) is 0 Å². The zero-order valence-electron chi connectivity index (χ0n) is 8.63. The number of nitro groups is 1. The summed E-state index contributed by atoms with van der Waals surface area (Å²) in [4.78, 5) is 14.2. The van der Waals surface area contributed by atoms with E-state index in [9.17, 15) is 10.1 Å². The first kappa shape index (κ1) is 11.3. The fourth-order valence-corrected chi connectivity index (χ4v) is 1.46. The molecule has 5 nitrogen and oxygen atoms in total. The van der Waals surface area contributed by atoms with E-state index in [4.69, 9.17) is 11.6 Å². The Morgan fingerprint density at radius 1 is 1.24 bits per heavy atom. The minimum atomic E-state index is -0.458. The predicted molar refractivity (Wildman–Crippen MR) is 65.6 cm³/mol. The highest BCUT2D eigenvalue weighted by atomic mass is 35.5. The second-order valence-electron chi connectivity index (χ2n) is 3.28. The van der Waals surface area contributed by atoms with Crippen LogP contribution in [0.3, 0.4) is 0 Å². The van der Waals surface area contributed by atoms with Crippen LogP contribution < -0.4 is 5.32 Å². The van der Waals surface area contributed by atoms with Crippen molar-refractivity contribution in [1.29, 1.82) is 0 Å². The third kappa shape index (κ3) is 2.70. The third-order valence-corrected chi connectivity index (χ3v) is 2.37. The van der Waals surface area contributed by atoms with Crippen molar-refractivity contribution in [2.45, 2.75) is 0 Å². The number of halogens is 1. The van der Waals surface area contributed by atoms with Gasteiger partial charge in [0.1, 0.15) is 5.69 Å². The molecular weight excluding hydrogens is 242 g/mol. The number of pyridine rings is 1. The number of nitrogens with one attached hydrogen (secondary N) is 1. The Morgan fingerprint density at radius 2 is 1.94 bits per heavy atom. The Labute approximate surface area is 102 Å². The van der Waals surface area contributed by atoms with Crippen molar-refractivity contribution < 1.29 is 4.92 Å². The standard InChI is InChI=1S/C11H8ClN3O2/c12-8-1-3-9(4-2-8)14-10-7-13-6-5-11(10)15(16)17/h1-7,14H. The molecule has 2 aromatic rings. The molecule has 0 aliphatic carbocycles. The van der Waals surface area contributed by atoms with Crippen molar-refractivity contribution in [3.63, 3.8) is 0 Å². The summed E-state index contributed by atoms with van der Waals surface area (Å²) >= 11 is 5.75. The highest BCUT2D eigenvalue weighted by molar-refractivity contribution is 6.30. The van der Waals surface area contributed by atoms with Gasteiger partial charge in [0.2, 0.25) is 0 Å². The first-order chi connectivity index (χ1) is 8.16. The summed E-state index contributed by atoms with van der Waals surface area (Å²) in [5, 5.41) is 14.3. The van der Waals surface area contributed by atoms with Crippen LogP contribution >= 0.6 is 11.6 Å². The zero-order chi connectivity index (χ0) is 12.3. The van der Waals surface area contributed by atoms with Gasteiger partial charge in [-0.1, -0.05) is 11.6 Å². The van der Waals surface area contributed by atoms with Gasteiger partial charge >= 0.3 is 0 Å². The number of nitrogens with zero attached hydrogens (tertiary/aromatic N) is 2. The Kier molecular flexibility index (Phi) is 3.20. The largest absolute Gasteiger partial charge is 0.349 e. The van der Waals surface area contributed by atoms with Crippen molar-refractivity contribution in [2.75, 3.05) is 5.32 Å². The lowest BCUT2D eigenvalue weighted by molar-refractivity contribution is -0.384. The molecule has 86 valence electrons. The van der Waals surface area contributed by atoms with E-state index in [-0.39, 0.29) is 5.69 Å². The molecule has 17 heavy (non-hydrogen) atoms. The Morgan fingerprint density at radius 3 is 2.59 bits per heavy atom. The van der Waals surface area contributed by atoms with Gasteiger partial charge in [-0.2, -0.15) is 0 Å². The van der Waals surface area contributed by atoms with E-state index in [2.05, 4.69) is 10.3 Å². The second kappa shape index (κ2) is 4.80. The lowest BCUT2D eigenvalue weighted by atomic mass is 10.3. The van der Waals surface area contributed by atoms with Gasteiger partial charge in [0.05, 0.1) is 11.1 Å². The number of anilines is 2. The van der Waals surface area contributed by atoms with Crippen molar-refractivity contribution in [3.8, 4) is 0 Å². The summed E-state index contributed by atoms with van der Waals surface area (Å²) in [5.74, 6) is 0. The Bertz CT molecular complexity index is 543. The molecule has 1 heterocycles. The summed E-state index contributed by atoms with van der Waals surface area (Å²) in [6.45, 7) is 0. The molecule has 1 aromatic heterocycles. The van der Waals surface area contributed by atoms with E-state index in [0.29, 0.717) is 16.4 Å². The van der Waals surface area contributed by atoms with Crippen molar-refractivity contribution >= 4 is 28.7 Å². The molecule has 0 saturated heterocycles. The van der Waals surface area contributed by atoms with Crippen LogP contribution in [0.5, 0.6) is 0 Å². The normalized spacial score (nSPS) is 9.94. The minimum Gasteiger partial charge on any atom is -0.349 e. The van der Waals surface area contributed by atoms with Gasteiger partial charge in [0.25, 0.3) is 5.69 Å². The van der Waals surface area contributed by atoms with E-state index < -0.39 is 4.92 Å². The molecule has 0 radical (unpaired) electrons. The first-order valence-electron chi connectivity index (χ1n) is 4.78. The van der Waals surface area contributed by atoms with Crippen LogP contribution in [0.25, 0.3) is 0 Å². The van der Waals surface area contributed by atoms with Crippen molar-refractivity contribution in [2.24, 2.45) is 0 Å². The van der Waals surface area contributed by atoms with Gasteiger partial charge in [0, 0.05) is 23.0 Å². The van der Waals surface area contributed by atoms with Crippen LogP contribution in [-0.4, -0.2) is 9.91 Å². The first-order valence-corrected chi connectivity index (χ1v) is 5.15. The molecule has 0 bridgehead atoms. The number of hydrogen-bond acceptors (Lipinski definition) is 4. The van der Waals surface area contributed by atoms with Gasteiger partial charge in [-0.15, -0.1) is 0 Å². The second-order valence-corrected chi connectivity index (χ2v) is 3.72. The molecule has 1 N–H and O–H groups in total.